The lowest BCUT2D eigenvalue weighted by Crippen LogP contribution is -2.29. The Kier molecular flexibility index (Phi) is 3.98. The Morgan fingerprint density at radius 3 is 2.70 bits per heavy atom. The Labute approximate surface area is 119 Å². The van der Waals surface area contributed by atoms with Gasteiger partial charge in [0.2, 0.25) is 6.10 Å². The SMILES string of the molecule is O=C(O)C1=NOC(C(=O)Nc2cc(F)c(Br)cc2F)C1. The third-order valence-corrected chi connectivity index (χ3v) is 3.08. The van der Waals surface area contributed by atoms with Crippen molar-refractivity contribution >= 4 is 39.2 Å². The number of rotatable bonds is 3. The first-order valence-electron chi connectivity index (χ1n) is 5.30. The summed E-state index contributed by atoms with van der Waals surface area (Å²) < 4.78 is 26.7. The Morgan fingerprint density at radius 1 is 1.40 bits per heavy atom. The molecule has 0 bridgehead atoms. The van der Waals surface area contributed by atoms with Gasteiger partial charge < -0.3 is 15.3 Å². The molecule has 1 aliphatic heterocycles. The molecule has 1 aromatic carbocycles. The number of carbonyl (C=O) groups is 2. The molecule has 0 aromatic heterocycles. The highest BCUT2D eigenvalue weighted by Gasteiger charge is 2.32. The van der Waals surface area contributed by atoms with E-state index in [2.05, 4.69) is 31.2 Å². The molecular weight excluding hydrogens is 342 g/mol. The molecular formula is C11H7BrF2N2O4. The summed E-state index contributed by atoms with van der Waals surface area (Å²) in [6, 6.07) is 1.66. The highest BCUT2D eigenvalue weighted by molar-refractivity contribution is 9.10. The lowest BCUT2D eigenvalue weighted by molar-refractivity contribution is -0.129. The molecule has 9 heteroatoms. The van der Waals surface area contributed by atoms with Gasteiger partial charge in [0, 0.05) is 12.5 Å². The van der Waals surface area contributed by atoms with Gasteiger partial charge in [-0.05, 0) is 22.0 Å². The van der Waals surface area contributed by atoms with Crippen LogP contribution in [0.15, 0.2) is 21.8 Å². The van der Waals surface area contributed by atoms with Crippen LogP contribution in [0.5, 0.6) is 0 Å². The minimum absolute atomic E-state index is 0.0818. The fraction of sp³-hybridized carbons (Fsp3) is 0.182. The summed E-state index contributed by atoms with van der Waals surface area (Å²) in [5.41, 5.74) is -0.685. The number of benzene rings is 1. The largest absolute Gasteiger partial charge is 0.477 e. The van der Waals surface area contributed by atoms with Gasteiger partial charge >= 0.3 is 5.97 Å². The summed E-state index contributed by atoms with van der Waals surface area (Å²) in [5, 5.41) is 14.0. The number of hydrogen-bond donors (Lipinski definition) is 2. The molecule has 0 saturated carbocycles. The molecule has 2 N–H and O–H groups in total. The molecule has 0 fully saturated rings. The van der Waals surface area contributed by atoms with Crippen LogP contribution in [0.4, 0.5) is 14.5 Å². The van der Waals surface area contributed by atoms with E-state index in [4.69, 9.17) is 5.11 Å². The number of nitrogens with zero attached hydrogens (tertiary/aromatic N) is 1. The minimum Gasteiger partial charge on any atom is -0.477 e. The van der Waals surface area contributed by atoms with Gasteiger partial charge in [0.25, 0.3) is 5.91 Å². The lowest BCUT2D eigenvalue weighted by atomic mass is 10.1. The van der Waals surface area contributed by atoms with Crippen molar-refractivity contribution in [2.24, 2.45) is 5.16 Å². The second kappa shape index (κ2) is 5.53. The first kappa shape index (κ1) is 14.4. The summed E-state index contributed by atoms with van der Waals surface area (Å²) in [7, 11) is 0. The molecule has 0 radical (unpaired) electrons. The number of nitrogens with one attached hydrogen (secondary N) is 1. The number of halogens is 3. The Bertz CT molecular complexity index is 621. The maximum atomic E-state index is 13.5. The number of amides is 1. The third kappa shape index (κ3) is 2.93. The fourth-order valence-corrected chi connectivity index (χ4v) is 1.79. The van der Waals surface area contributed by atoms with Crippen LogP contribution < -0.4 is 5.32 Å². The van der Waals surface area contributed by atoms with Gasteiger partial charge in [-0.15, -0.1) is 0 Å². The summed E-state index contributed by atoms with van der Waals surface area (Å²) in [5.74, 6) is -3.72. The second-order valence-corrected chi connectivity index (χ2v) is 4.73. The standard InChI is InChI=1S/C11H7BrF2N2O4/c12-4-1-6(14)7(2-5(4)13)15-10(17)9-3-8(11(18)19)16-20-9/h1-2,9H,3H2,(H,15,17)(H,18,19). The monoisotopic (exact) mass is 348 g/mol. The van der Waals surface area contributed by atoms with Crippen molar-refractivity contribution in [1.29, 1.82) is 0 Å². The summed E-state index contributed by atoms with van der Waals surface area (Å²) in [6.07, 6.45) is -1.44. The van der Waals surface area contributed by atoms with E-state index in [1.807, 2.05) is 0 Å². The molecule has 1 heterocycles. The Morgan fingerprint density at radius 2 is 2.10 bits per heavy atom. The number of anilines is 1. The van der Waals surface area contributed by atoms with Crippen molar-refractivity contribution in [3.8, 4) is 0 Å². The molecule has 106 valence electrons. The van der Waals surface area contributed by atoms with Crippen LogP contribution in [0.2, 0.25) is 0 Å². The molecule has 0 aliphatic carbocycles. The van der Waals surface area contributed by atoms with E-state index in [0.29, 0.717) is 0 Å². The second-order valence-electron chi connectivity index (χ2n) is 3.88. The van der Waals surface area contributed by atoms with E-state index in [1.165, 1.54) is 0 Å². The van der Waals surface area contributed by atoms with Crippen molar-refractivity contribution in [1.82, 2.24) is 0 Å². The lowest BCUT2D eigenvalue weighted by Gasteiger charge is -2.10. The van der Waals surface area contributed by atoms with E-state index in [0.717, 1.165) is 12.1 Å². The molecule has 1 aromatic rings. The predicted molar refractivity (Wildman–Crippen MR) is 67.2 cm³/mol. The molecule has 20 heavy (non-hydrogen) atoms. The fourth-order valence-electron chi connectivity index (χ4n) is 1.48. The van der Waals surface area contributed by atoms with Crippen LogP contribution in [-0.4, -0.2) is 28.8 Å². The van der Waals surface area contributed by atoms with Crippen molar-refractivity contribution in [2.45, 2.75) is 12.5 Å². The molecule has 1 unspecified atom stereocenters. The molecule has 0 spiro atoms. The number of hydrogen-bond acceptors (Lipinski definition) is 4. The number of oxime groups is 1. The summed E-state index contributed by atoms with van der Waals surface area (Å²) >= 11 is 2.80. The number of carboxylic acids is 1. The van der Waals surface area contributed by atoms with Crippen LogP contribution >= 0.6 is 15.9 Å². The smallest absolute Gasteiger partial charge is 0.353 e. The van der Waals surface area contributed by atoms with Crippen LogP contribution in [0, 0.1) is 11.6 Å². The van der Waals surface area contributed by atoms with Crippen LogP contribution in [0.3, 0.4) is 0 Å². The molecule has 1 amide bonds. The van der Waals surface area contributed by atoms with Crippen molar-refractivity contribution in [3.63, 3.8) is 0 Å². The van der Waals surface area contributed by atoms with E-state index in [1.54, 1.807) is 0 Å². The average molecular weight is 349 g/mol. The molecule has 1 atom stereocenters. The molecule has 2 rings (SSSR count). The zero-order valence-corrected chi connectivity index (χ0v) is 11.3. The maximum absolute atomic E-state index is 13.5. The van der Waals surface area contributed by atoms with Gasteiger partial charge in [0.15, 0.2) is 5.71 Å². The zero-order chi connectivity index (χ0) is 14.9. The first-order chi connectivity index (χ1) is 9.38. The third-order valence-electron chi connectivity index (χ3n) is 2.48. The highest BCUT2D eigenvalue weighted by atomic mass is 79.9. The maximum Gasteiger partial charge on any atom is 0.353 e. The van der Waals surface area contributed by atoms with Crippen LogP contribution in [-0.2, 0) is 14.4 Å². The number of carbonyl (C=O) groups excluding carboxylic acids is 1. The summed E-state index contributed by atoms with van der Waals surface area (Å²) in [6.45, 7) is 0. The Hall–Kier alpha value is -2.03. The van der Waals surface area contributed by atoms with E-state index in [9.17, 15) is 18.4 Å². The zero-order valence-electron chi connectivity index (χ0n) is 9.69. The van der Waals surface area contributed by atoms with Crippen molar-refractivity contribution < 1.29 is 28.3 Å². The van der Waals surface area contributed by atoms with Crippen molar-refractivity contribution in [2.75, 3.05) is 5.32 Å². The van der Waals surface area contributed by atoms with Gasteiger partial charge in [-0.3, -0.25) is 4.79 Å². The van der Waals surface area contributed by atoms with Crippen LogP contribution in [0.1, 0.15) is 6.42 Å². The molecule has 6 nitrogen and oxygen atoms in total. The van der Waals surface area contributed by atoms with Gasteiger partial charge in [-0.1, -0.05) is 5.16 Å². The molecule has 0 saturated heterocycles. The molecule has 1 aliphatic rings. The van der Waals surface area contributed by atoms with E-state index < -0.39 is 29.6 Å². The van der Waals surface area contributed by atoms with E-state index >= 15 is 0 Å². The van der Waals surface area contributed by atoms with Gasteiger partial charge in [-0.2, -0.15) is 0 Å². The quantitative estimate of drug-likeness (QED) is 0.816. The van der Waals surface area contributed by atoms with Crippen molar-refractivity contribution in [3.05, 3.63) is 28.2 Å². The minimum atomic E-state index is -1.30. The highest BCUT2D eigenvalue weighted by Crippen LogP contribution is 2.24. The Balaban J connectivity index is 2.07. The van der Waals surface area contributed by atoms with Gasteiger partial charge in [0.1, 0.15) is 11.6 Å². The van der Waals surface area contributed by atoms with E-state index in [-0.39, 0.29) is 22.3 Å². The summed E-state index contributed by atoms with van der Waals surface area (Å²) in [4.78, 5) is 27.0. The number of carboxylic acid groups (broad SMARTS) is 1. The van der Waals surface area contributed by atoms with Gasteiger partial charge in [-0.25, -0.2) is 13.6 Å². The first-order valence-corrected chi connectivity index (χ1v) is 6.09. The topological polar surface area (TPSA) is 88.0 Å². The number of aliphatic carboxylic acids is 1. The normalized spacial score (nSPS) is 17.4. The van der Waals surface area contributed by atoms with Gasteiger partial charge in [0.05, 0.1) is 10.2 Å². The van der Waals surface area contributed by atoms with Crippen LogP contribution in [0.25, 0.3) is 0 Å². The average Bonchev–Trinajstić information content (AvgIpc) is 2.85. The predicted octanol–water partition coefficient (Wildman–Crippen LogP) is 1.90.